The molecule has 0 saturated heterocycles. The van der Waals surface area contributed by atoms with Crippen molar-refractivity contribution in [1.82, 2.24) is 15.2 Å². The predicted octanol–water partition coefficient (Wildman–Crippen LogP) is 0.778. The zero-order chi connectivity index (χ0) is 11.5. The number of nitrogens with zero attached hydrogens (tertiary/aromatic N) is 2. The molecule has 1 amide bonds. The zero-order valence-corrected chi connectivity index (χ0v) is 8.07. The average molecular weight is 221 g/mol. The number of hydrogen-bond donors (Lipinski definition) is 3. The van der Waals surface area contributed by atoms with Gasteiger partial charge >= 0.3 is 0 Å². The zero-order valence-electron chi connectivity index (χ0n) is 8.07. The number of pyridine rings is 1. The number of amides is 1. The van der Waals surface area contributed by atoms with Crippen molar-refractivity contribution < 1.29 is 9.18 Å². The van der Waals surface area contributed by atoms with E-state index in [1.54, 1.807) is 0 Å². The fourth-order valence-corrected chi connectivity index (χ4v) is 1.15. The first-order chi connectivity index (χ1) is 7.68. The second-order valence-corrected chi connectivity index (χ2v) is 3.00. The molecule has 0 bridgehead atoms. The summed E-state index contributed by atoms with van der Waals surface area (Å²) >= 11 is 0. The minimum absolute atomic E-state index is 0.159. The summed E-state index contributed by atoms with van der Waals surface area (Å²) in [6.45, 7) is 0. The maximum atomic E-state index is 13.4. The van der Waals surface area contributed by atoms with Gasteiger partial charge in [0.25, 0.3) is 5.91 Å². The molecule has 2 aromatic rings. The van der Waals surface area contributed by atoms with E-state index in [4.69, 9.17) is 5.73 Å². The third-order valence-corrected chi connectivity index (χ3v) is 1.92. The molecule has 0 aliphatic rings. The normalized spacial score (nSPS) is 10.1. The molecule has 0 spiro atoms. The Morgan fingerprint density at radius 3 is 3.06 bits per heavy atom. The molecule has 0 unspecified atom stereocenters. The van der Waals surface area contributed by atoms with Crippen LogP contribution in [-0.2, 0) is 0 Å². The van der Waals surface area contributed by atoms with Gasteiger partial charge in [-0.05, 0) is 6.07 Å². The molecule has 82 valence electrons. The van der Waals surface area contributed by atoms with E-state index >= 15 is 0 Å². The molecule has 0 aliphatic heterocycles. The largest absolute Gasteiger partial charge is 0.381 e. The summed E-state index contributed by atoms with van der Waals surface area (Å²) in [7, 11) is 0. The fourth-order valence-electron chi connectivity index (χ4n) is 1.15. The number of halogens is 1. The van der Waals surface area contributed by atoms with Crippen molar-refractivity contribution in [2.75, 3.05) is 11.1 Å². The number of nitrogen functional groups attached to an aromatic ring is 1. The maximum absolute atomic E-state index is 13.4. The van der Waals surface area contributed by atoms with Crippen molar-refractivity contribution in [2.45, 2.75) is 0 Å². The van der Waals surface area contributed by atoms with E-state index in [9.17, 15) is 9.18 Å². The smallest absolute Gasteiger partial charge is 0.258 e. The van der Waals surface area contributed by atoms with Gasteiger partial charge in [-0.2, -0.15) is 5.10 Å². The summed E-state index contributed by atoms with van der Waals surface area (Å²) in [5, 5.41) is 8.61. The molecular weight excluding hydrogens is 213 g/mol. The number of H-pyrrole nitrogens is 1. The first-order valence-electron chi connectivity index (χ1n) is 4.38. The standard InChI is InChI=1S/C9H8FN5O/c10-7-6(1-2-12-8(7)11)9(16)15-5-3-13-14-4-5/h1-4H,(H2,11,12)(H,13,14)(H,15,16). The van der Waals surface area contributed by atoms with Gasteiger partial charge in [0.05, 0.1) is 17.4 Å². The monoisotopic (exact) mass is 221 g/mol. The van der Waals surface area contributed by atoms with Gasteiger partial charge in [0.15, 0.2) is 11.6 Å². The SMILES string of the molecule is Nc1nccc(C(=O)Nc2cn[nH]c2)c1F. The van der Waals surface area contributed by atoms with Crippen LogP contribution in [0.25, 0.3) is 0 Å². The Kier molecular flexibility index (Phi) is 2.50. The number of anilines is 2. The molecule has 4 N–H and O–H groups in total. The summed E-state index contributed by atoms with van der Waals surface area (Å²) in [5.74, 6) is -1.74. The topological polar surface area (TPSA) is 96.7 Å². The summed E-state index contributed by atoms with van der Waals surface area (Å²) in [6.07, 6.45) is 4.14. The molecule has 16 heavy (non-hydrogen) atoms. The minimum atomic E-state index is -0.830. The minimum Gasteiger partial charge on any atom is -0.381 e. The van der Waals surface area contributed by atoms with Gasteiger partial charge in [0.2, 0.25) is 0 Å². The van der Waals surface area contributed by atoms with Crippen molar-refractivity contribution in [1.29, 1.82) is 0 Å². The van der Waals surface area contributed by atoms with Crippen LogP contribution >= 0.6 is 0 Å². The lowest BCUT2D eigenvalue weighted by Crippen LogP contribution is -2.14. The Morgan fingerprint density at radius 1 is 1.56 bits per heavy atom. The highest BCUT2D eigenvalue weighted by molar-refractivity contribution is 6.04. The molecule has 7 heteroatoms. The van der Waals surface area contributed by atoms with Gasteiger partial charge in [-0.1, -0.05) is 0 Å². The van der Waals surface area contributed by atoms with E-state index in [1.165, 1.54) is 24.7 Å². The molecule has 0 aliphatic carbocycles. The number of carbonyl (C=O) groups is 1. The van der Waals surface area contributed by atoms with E-state index in [0.29, 0.717) is 5.69 Å². The van der Waals surface area contributed by atoms with Crippen LogP contribution in [-0.4, -0.2) is 21.1 Å². The molecule has 0 saturated carbocycles. The van der Waals surface area contributed by atoms with Crippen molar-refractivity contribution in [3.05, 3.63) is 36.0 Å². The summed E-state index contributed by atoms with van der Waals surface area (Å²) < 4.78 is 13.4. The molecule has 2 aromatic heterocycles. The van der Waals surface area contributed by atoms with Crippen LogP contribution in [0.15, 0.2) is 24.7 Å². The number of aromatic amines is 1. The molecule has 0 radical (unpaired) electrons. The molecular formula is C9H8FN5O. The van der Waals surface area contributed by atoms with E-state index in [-0.39, 0.29) is 11.4 Å². The number of nitrogens with two attached hydrogens (primary N) is 1. The molecule has 6 nitrogen and oxygen atoms in total. The van der Waals surface area contributed by atoms with Crippen LogP contribution in [0.1, 0.15) is 10.4 Å². The van der Waals surface area contributed by atoms with E-state index in [2.05, 4.69) is 20.5 Å². The third-order valence-electron chi connectivity index (χ3n) is 1.92. The first kappa shape index (κ1) is 10.1. The predicted molar refractivity (Wildman–Crippen MR) is 55.1 cm³/mol. The van der Waals surface area contributed by atoms with Gasteiger partial charge < -0.3 is 11.1 Å². The van der Waals surface area contributed by atoms with Gasteiger partial charge in [-0.25, -0.2) is 9.37 Å². The molecule has 0 atom stereocenters. The van der Waals surface area contributed by atoms with Gasteiger partial charge in [0, 0.05) is 12.4 Å². The van der Waals surface area contributed by atoms with Crippen LogP contribution in [0.5, 0.6) is 0 Å². The van der Waals surface area contributed by atoms with Gasteiger partial charge in [-0.3, -0.25) is 9.89 Å². The Balaban J connectivity index is 2.24. The highest BCUT2D eigenvalue weighted by Crippen LogP contribution is 2.13. The van der Waals surface area contributed by atoms with Crippen LogP contribution in [0.2, 0.25) is 0 Å². The number of rotatable bonds is 2. The van der Waals surface area contributed by atoms with Crippen molar-refractivity contribution in [3.63, 3.8) is 0 Å². The average Bonchev–Trinajstić information content (AvgIpc) is 2.74. The van der Waals surface area contributed by atoms with E-state index < -0.39 is 11.7 Å². The lowest BCUT2D eigenvalue weighted by Gasteiger charge is -2.04. The van der Waals surface area contributed by atoms with Crippen LogP contribution in [0, 0.1) is 5.82 Å². The number of hydrogen-bond acceptors (Lipinski definition) is 4. The Morgan fingerprint density at radius 2 is 2.38 bits per heavy atom. The van der Waals surface area contributed by atoms with Crippen molar-refractivity contribution >= 4 is 17.4 Å². The van der Waals surface area contributed by atoms with Crippen LogP contribution in [0.3, 0.4) is 0 Å². The third kappa shape index (κ3) is 1.83. The highest BCUT2D eigenvalue weighted by atomic mass is 19.1. The quantitative estimate of drug-likeness (QED) is 0.698. The van der Waals surface area contributed by atoms with Crippen molar-refractivity contribution in [2.24, 2.45) is 0 Å². The lowest BCUT2D eigenvalue weighted by atomic mass is 10.2. The first-order valence-corrected chi connectivity index (χ1v) is 4.38. The van der Waals surface area contributed by atoms with Gasteiger partial charge in [0.1, 0.15) is 0 Å². The fraction of sp³-hybridized carbons (Fsp3) is 0. The molecule has 0 fully saturated rings. The molecule has 2 rings (SSSR count). The van der Waals surface area contributed by atoms with Crippen LogP contribution < -0.4 is 11.1 Å². The number of nitrogens with one attached hydrogen (secondary N) is 2. The summed E-state index contributed by atoms with van der Waals surface area (Å²) in [4.78, 5) is 15.1. The second-order valence-electron chi connectivity index (χ2n) is 3.00. The highest BCUT2D eigenvalue weighted by Gasteiger charge is 2.14. The van der Waals surface area contributed by atoms with E-state index in [1.807, 2.05) is 0 Å². The maximum Gasteiger partial charge on any atom is 0.258 e. The Bertz CT molecular complexity index is 511. The molecule has 0 aromatic carbocycles. The van der Waals surface area contributed by atoms with Crippen LogP contribution in [0.4, 0.5) is 15.9 Å². The number of carbonyl (C=O) groups excluding carboxylic acids is 1. The Labute approximate surface area is 89.7 Å². The molecule has 2 heterocycles. The lowest BCUT2D eigenvalue weighted by molar-refractivity contribution is 0.102. The second kappa shape index (κ2) is 3.97. The van der Waals surface area contributed by atoms with E-state index in [0.717, 1.165) is 0 Å². The Hall–Kier alpha value is -2.44. The van der Waals surface area contributed by atoms with Crippen molar-refractivity contribution in [3.8, 4) is 0 Å². The summed E-state index contributed by atoms with van der Waals surface area (Å²) in [6, 6.07) is 1.25. The van der Waals surface area contributed by atoms with Gasteiger partial charge in [-0.15, -0.1) is 0 Å². The summed E-state index contributed by atoms with van der Waals surface area (Å²) in [5.41, 5.74) is 5.53. The number of aromatic nitrogens is 3.